The monoisotopic (exact) mass is 318 g/mol. The van der Waals surface area contributed by atoms with Crippen molar-refractivity contribution in [2.75, 3.05) is 0 Å². The molecule has 3 aromatic rings. The fraction of sp³-hybridized carbons (Fsp3) is 0. The topological polar surface area (TPSA) is 52.0 Å². The van der Waals surface area contributed by atoms with E-state index in [1.165, 1.54) is 10.2 Å². The number of hydrogen-bond donors (Lipinski definition) is 0. The first-order chi connectivity index (χ1) is 10.1. The van der Waals surface area contributed by atoms with Gasteiger partial charge in [-0.2, -0.15) is 0 Å². The lowest BCUT2D eigenvalue weighted by atomic mass is 10.1. The second-order valence-corrected chi connectivity index (χ2v) is 6.65. The van der Waals surface area contributed by atoms with Gasteiger partial charge in [-0.05, 0) is 35.9 Å². The maximum absolute atomic E-state index is 12.5. The number of pyridine rings is 1. The molecule has 0 bridgehead atoms. The summed E-state index contributed by atoms with van der Waals surface area (Å²) in [6.07, 6.45) is 4.67. The first kappa shape index (κ1) is 13.9. The van der Waals surface area contributed by atoms with Gasteiger partial charge in [-0.3, -0.25) is 0 Å². The summed E-state index contributed by atoms with van der Waals surface area (Å²) in [6, 6.07) is 13.5. The largest absolute Gasteiger partial charge is 0.267 e. The van der Waals surface area contributed by atoms with Crippen LogP contribution < -0.4 is 0 Å². The summed E-state index contributed by atoms with van der Waals surface area (Å²) in [5.41, 5.74) is 1.58. The minimum Gasteiger partial charge on any atom is -0.248 e. The molecule has 0 N–H and O–H groups in total. The molecule has 0 unspecified atom stereocenters. The molecule has 21 heavy (non-hydrogen) atoms. The number of hydrogen-bond acceptors (Lipinski definition) is 3. The molecule has 0 spiro atoms. The van der Waals surface area contributed by atoms with Crippen molar-refractivity contribution in [2.24, 2.45) is 0 Å². The van der Waals surface area contributed by atoms with Crippen molar-refractivity contribution in [1.82, 2.24) is 8.96 Å². The van der Waals surface area contributed by atoms with Crippen LogP contribution >= 0.6 is 11.6 Å². The van der Waals surface area contributed by atoms with Crippen LogP contribution in [0.3, 0.4) is 0 Å². The lowest BCUT2D eigenvalue weighted by Gasteiger charge is -2.05. The Balaban J connectivity index is 2.03. The number of rotatable bonds is 3. The van der Waals surface area contributed by atoms with E-state index in [9.17, 15) is 8.42 Å². The van der Waals surface area contributed by atoms with Crippen molar-refractivity contribution >= 4 is 21.6 Å². The van der Waals surface area contributed by atoms with Gasteiger partial charge in [0, 0.05) is 24.2 Å². The molecule has 0 radical (unpaired) electrons. The zero-order valence-electron chi connectivity index (χ0n) is 10.8. The van der Waals surface area contributed by atoms with Gasteiger partial charge in [-0.25, -0.2) is 17.4 Å². The normalized spacial score (nSPS) is 11.5. The molecular formula is C15H11ClN2O2S. The molecule has 0 aliphatic carbocycles. The molecule has 0 saturated carbocycles. The van der Waals surface area contributed by atoms with Crippen molar-refractivity contribution in [3.63, 3.8) is 0 Å². The maximum atomic E-state index is 12.5. The second kappa shape index (κ2) is 5.35. The highest BCUT2D eigenvalue weighted by Gasteiger charge is 2.16. The van der Waals surface area contributed by atoms with Gasteiger partial charge in [0.1, 0.15) is 5.15 Å². The van der Waals surface area contributed by atoms with E-state index < -0.39 is 10.0 Å². The fourth-order valence-electron chi connectivity index (χ4n) is 1.99. The minimum absolute atomic E-state index is 0.250. The van der Waals surface area contributed by atoms with E-state index in [1.54, 1.807) is 60.9 Å². The predicted molar refractivity (Wildman–Crippen MR) is 81.7 cm³/mol. The van der Waals surface area contributed by atoms with Gasteiger partial charge >= 0.3 is 0 Å². The van der Waals surface area contributed by atoms with Gasteiger partial charge < -0.3 is 0 Å². The van der Waals surface area contributed by atoms with Crippen molar-refractivity contribution < 1.29 is 8.42 Å². The van der Waals surface area contributed by atoms with Gasteiger partial charge in [0.2, 0.25) is 0 Å². The molecular weight excluding hydrogens is 308 g/mol. The molecule has 0 saturated heterocycles. The van der Waals surface area contributed by atoms with Crippen LogP contribution in [0.25, 0.3) is 11.1 Å². The van der Waals surface area contributed by atoms with E-state index in [4.69, 9.17) is 11.6 Å². The summed E-state index contributed by atoms with van der Waals surface area (Å²) in [4.78, 5) is 4.16. The molecule has 6 heteroatoms. The predicted octanol–water partition coefficient (Wildman–Crippen LogP) is 3.44. The summed E-state index contributed by atoms with van der Waals surface area (Å²) in [5.74, 6) is 0. The molecule has 2 heterocycles. The highest BCUT2D eigenvalue weighted by molar-refractivity contribution is 7.90. The summed E-state index contributed by atoms with van der Waals surface area (Å²) >= 11 is 5.85. The molecule has 1 aromatic carbocycles. The molecule has 4 nitrogen and oxygen atoms in total. The summed E-state index contributed by atoms with van der Waals surface area (Å²) in [6.45, 7) is 0. The van der Waals surface area contributed by atoms with Gasteiger partial charge in [-0.15, -0.1) is 0 Å². The van der Waals surface area contributed by atoms with Crippen LogP contribution in [0.2, 0.25) is 5.15 Å². The minimum atomic E-state index is -3.57. The number of halogens is 1. The molecule has 0 aliphatic heterocycles. The van der Waals surface area contributed by atoms with E-state index in [-0.39, 0.29) is 4.90 Å². The Kier molecular flexibility index (Phi) is 3.53. The number of aromatic nitrogens is 2. The number of benzene rings is 1. The quantitative estimate of drug-likeness (QED) is 0.695. The smallest absolute Gasteiger partial charge is 0.248 e. The van der Waals surface area contributed by atoms with Crippen LogP contribution in [0.4, 0.5) is 0 Å². The van der Waals surface area contributed by atoms with E-state index in [0.29, 0.717) is 5.15 Å². The third kappa shape index (κ3) is 2.70. The SMILES string of the molecule is O=S(=O)(c1ccccc1)n1ccc(-c2ccnc(Cl)c2)c1. The average Bonchev–Trinajstić information content (AvgIpc) is 2.99. The summed E-state index contributed by atoms with van der Waals surface area (Å²) in [7, 11) is -3.57. The summed E-state index contributed by atoms with van der Waals surface area (Å²) in [5, 5.41) is 0.367. The Bertz CT molecular complexity index is 873. The van der Waals surface area contributed by atoms with E-state index in [2.05, 4.69) is 4.98 Å². The van der Waals surface area contributed by atoms with E-state index in [1.807, 2.05) is 0 Å². The first-order valence-electron chi connectivity index (χ1n) is 6.18. The van der Waals surface area contributed by atoms with Crippen LogP contribution in [0.15, 0.2) is 72.0 Å². The van der Waals surface area contributed by atoms with Gasteiger partial charge in [0.25, 0.3) is 10.0 Å². The Morgan fingerprint density at radius 1 is 1.00 bits per heavy atom. The molecule has 3 rings (SSSR count). The zero-order valence-corrected chi connectivity index (χ0v) is 12.4. The van der Waals surface area contributed by atoms with E-state index >= 15 is 0 Å². The van der Waals surface area contributed by atoms with Crippen molar-refractivity contribution in [3.05, 3.63) is 72.3 Å². The van der Waals surface area contributed by atoms with Crippen LogP contribution in [0.5, 0.6) is 0 Å². The second-order valence-electron chi connectivity index (χ2n) is 4.42. The maximum Gasteiger partial charge on any atom is 0.267 e. The average molecular weight is 319 g/mol. The zero-order chi connectivity index (χ0) is 14.9. The van der Waals surface area contributed by atoms with Crippen molar-refractivity contribution in [1.29, 1.82) is 0 Å². The fourth-order valence-corrected chi connectivity index (χ4v) is 3.39. The lowest BCUT2D eigenvalue weighted by molar-refractivity contribution is 0.587. The third-order valence-corrected chi connectivity index (χ3v) is 4.90. The van der Waals surface area contributed by atoms with Crippen LogP contribution in [-0.2, 0) is 10.0 Å². The molecule has 0 atom stereocenters. The molecule has 2 aromatic heterocycles. The molecule has 0 aliphatic rings. The van der Waals surface area contributed by atoms with Gasteiger partial charge in [0.15, 0.2) is 0 Å². The Hall–Kier alpha value is -2.11. The highest BCUT2D eigenvalue weighted by Crippen LogP contribution is 2.23. The summed E-state index contributed by atoms with van der Waals surface area (Å²) < 4.78 is 26.1. The van der Waals surface area contributed by atoms with Crippen LogP contribution in [-0.4, -0.2) is 17.4 Å². The Labute approximate surface area is 127 Å². The molecule has 106 valence electrons. The standard InChI is InChI=1S/C15H11ClN2O2S/c16-15-10-12(6-8-17-15)13-7-9-18(11-13)21(19,20)14-4-2-1-3-5-14/h1-11H. The Morgan fingerprint density at radius 3 is 2.48 bits per heavy atom. The van der Waals surface area contributed by atoms with E-state index in [0.717, 1.165) is 11.1 Å². The third-order valence-electron chi connectivity index (χ3n) is 3.05. The lowest BCUT2D eigenvalue weighted by Crippen LogP contribution is -2.10. The Morgan fingerprint density at radius 2 is 1.76 bits per heavy atom. The van der Waals surface area contributed by atoms with Gasteiger partial charge in [-0.1, -0.05) is 29.8 Å². The van der Waals surface area contributed by atoms with Crippen LogP contribution in [0, 0.1) is 0 Å². The number of nitrogens with zero attached hydrogens (tertiary/aromatic N) is 2. The molecule has 0 fully saturated rings. The van der Waals surface area contributed by atoms with Crippen molar-refractivity contribution in [2.45, 2.75) is 4.90 Å². The first-order valence-corrected chi connectivity index (χ1v) is 8.00. The van der Waals surface area contributed by atoms with Crippen LogP contribution in [0.1, 0.15) is 0 Å². The molecule has 0 amide bonds. The van der Waals surface area contributed by atoms with Crippen molar-refractivity contribution in [3.8, 4) is 11.1 Å². The highest BCUT2D eigenvalue weighted by atomic mass is 35.5. The van der Waals surface area contributed by atoms with Gasteiger partial charge in [0.05, 0.1) is 4.90 Å².